The van der Waals surface area contributed by atoms with Crippen molar-refractivity contribution in [1.29, 1.82) is 0 Å². The fourth-order valence-electron chi connectivity index (χ4n) is 2.66. The van der Waals surface area contributed by atoms with Crippen LogP contribution >= 0.6 is 0 Å². The number of rotatable bonds is 5. The molecule has 2 aromatic carbocycles. The predicted molar refractivity (Wildman–Crippen MR) is 90.0 cm³/mol. The van der Waals surface area contributed by atoms with Crippen molar-refractivity contribution < 1.29 is 14.3 Å². The van der Waals surface area contributed by atoms with Crippen molar-refractivity contribution in [3.05, 3.63) is 59.7 Å². The Labute approximate surface area is 136 Å². The molecule has 0 aromatic heterocycles. The summed E-state index contributed by atoms with van der Waals surface area (Å²) < 4.78 is 11.4. The van der Waals surface area contributed by atoms with E-state index in [9.17, 15) is 4.79 Å². The van der Waals surface area contributed by atoms with Crippen LogP contribution in [0.1, 0.15) is 28.8 Å². The second-order valence-corrected chi connectivity index (χ2v) is 5.77. The molecule has 1 unspecified atom stereocenters. The number of anilines is 1. The summed E-state index contributed by atoms with van der Waals surface area (Å²) in [7, 11) is 0. The molecule has 1 heterocycles. The standard InChI is InChI=1S/C19H21NO3/c1-14-6-4-7-15(12-14)20-19(21)17-9-2-3-10-18(17)23-13-16-8-5-11-22-16/h2-4,6-7,9-10,12,16H,5,8,11,13H2,1H3,(H,20,21). The molecule has 1 N–H and O–H groups in total. The Morgan fingerprint density at radius 2 is 2.13 bits per heavy atom. The predicted octanol–water partition coefficient (Wildman–Crippen LogP) is 3.81. The number of aryl methyl sites for hydroxylation is 1. The molecule has 4 nitrogen and oxygen atoms in total. The third kappa shape index (κ3) is 4.11. The van der Waals surface area contributed by atoms with Gasteiger partial charge in [-0.25, -0.2) is 0 Å². The van der Waals surface area contributed by atoms with Crippen LogP contribution in [0.4, 0.5) is 5.69 Å². The second-order valence-electron chi connectivity index (χ2n) is 5.77. The van der Waals surface area contributed by atoms with Crippen LogP contribution in [0.5, 0.6) is 5.75 Å². The highest BCUT2D eigenvalue weighted by molar-refractivity contribution is 6.06. The van der Waals surface area contributed by atoms with Gasteiger partial charge in [-0.2, -0.15) is 0 Å². The van der Waals surface area contributed by atoms with Gasteiger partial charge in [0, 0.05) is 12.3 Å². The van der Waals surface area contributed by atoms with Crippen molar-refractivity contribution in [3.63, 3.8) is 0 Å². The third-order valence-corrected chi connectivity index (χ3v) is 3.86. The van der Waals surface area contributed by atoms with E-state index in [2.05, 4.69) is 5.32 Å². The second kappa shape index (κ2) is 7.29. The molecule has 1 saturated heterocycles. The van der Waals surface area contributed by atoms with Gasteiger partial charge in [0.1, 0.15) is 12.4 Å². The van der Waals surface area contributed by atoms with Crippen LogP contribution in [0.2, 0.25) is 0 Å². The van der Waals surface area contributed by atoms with Gasteiger partial charge in [-0.1, -0.05) is 24.3 Å². The first-order chi connectivity index (χ1) is 11.2. The maximum absolute atomic E-state index is 12.5. The Hall–Kier alpha value is -2.33. The Bertz CT molecular complexity index is 678. The molecule has 23 heavy (non-hydrogen) atoms. The lowest BCUT2D eigenvalue weighted by Gasteiger charge is -2.14. The molecule has 1 aliphatic rings. The van der Waals surface area contributed by atoms with Gasteiger partial charge in [0.05, 0.1) is 11.7 Å². The summed E-state index contributed by atoms with van der Waals surface area (Å²) in [6, 6.07) is 15.0. The summed E-state index contributed by atoms with van der Waals surface area (Å²) in [4.78, 5) is 12.5. The first-order valence-corrected chi connectivity index (χ1v) is 7.94. The van der Waals surface area contributed by atoms with Crippen molar-refractivity contribution in [1.82, 2.24) is 0 Å². The molecule has 1 amide bonds. The van der Waals surface area contributed by atoms with Crippen LogP contribution < -0.4 is 10.1 Å². The largest absolute Gasteiger partial charge is 0.490 e. The van der Waals surface area contributed by atoms with Gasteiger partial charge in [-0.15, -0.1) is 0 Å². The van der Waals surface area contributed by atoms with Crippen molar-refractivity contribution in [2.24, 2.45) is 0 Å². The zero-order valence-electron chi connectivity index (χ0n) is 13.2. The molecule has 0 bridgehead atoms. The number of para-hydroxylation sites is 1. The van der Waals surface area contributed by atoms with Crippen molar-refractivity contribution in [2.75, 3.05) is 18.5 Å². The molecule has 1 atom stereocenters. The minimum Gasteiger partial charge on any atom is -0.490 e. The third-order valence-electron chi connectivity index (χ3n) is 3.86. The molecule has 1 fully saturated rings. The van der Waals surface area contributed by atoms with Crippen LogP contribution in [-0.4, -0.2) is 25.2 Å². The molecule has 0 saturated carbocycles. The lowest BCUT2D eigenvalue weighted by molar-refractivity contribution is 0.0673. The number of amides is 1. The minimum absolute atomic E-state index is 0.128. The summed E-state index contributed by atoms with van der Waals surface area (Å²) in [6.45, 7) is 3.27. The van der Waals surface area contributed by atoms with E-state index in [1.807, 2.05) is 49.4 Å². The molecule has 0 spiro atoms. The Morgan fingerprint density at radius 1 is 1.26 bits per heavy atom. The van der Waals surface area contributed by atoms with Crippen LogP contribution in [0.3, 0.4) is 0 Å². The first kappa shape index (κ1) is 15.6. The van der Waals surface area contributed by atoms with Gasteiger partial charge in [-0.3, -0.25) is 4.79 Å². The Morgan fingerprint density at radius 3 is 2.91 bits per heavy atom. The van der Waals surface area contributed by atoms with Gasteiger partial charge >= 0.3 is 0 Å². The summed E-state index contributed by atoms with van der Waals surface area (Å²) in [5.74, 6) is 0.423. The van der Waals surface area contributed by atoms with E-state index in [4.69, 9.17) is 9.47 Å². The number of hydrogen-bond donors (Lipinski definition) is 1. The number of hydrogen-bond acceptors (Lipinski definition) is 3. The van der Waals surface area contributed by atoms with E-state index in [1.54, 1.807) is 6.07 Å². The maximum atomic E-state index is 12.5. The van der Waals surface area contributed by atoms with E-state index in [0.29, 0.717) is 17.9 Å². The minimum atomic E-state index is -0.168. The topological polar surface area (TPSA) is 47.6 Å². The van der Waals surface area contributed by atoms with Crippen LogP contribution in [0.25, 0.3) is 0 Å². The van der Waals surface area contributed by atoms with Crippen molar-refractivity contribution in [3.8, 4) is 5.75 Å². The summed E-state index contributed by atoms with van der Waals surface area (Å²) in [5.41, 5.74) is 2.42. The average Bonchev–Trinajstić information content (AvgIpc) is 3.06. The molecule has 0 radical (unpaired) electrons. The van der Waals surface area contributed by atoms with Gasteiger partial charge in [-0.05, 0) is 49.6 Å². The number of carbonyl (C=O) groups excluding carboxylic acids is 1. The van der Waals surface area contributed by atoms with Crippen LogP contribution in [0, 0.1) is 6.92 Å². The van der Waals surface area contributed by atoms with E-state index in [-0.39, 0.29) is 12.0 Å². The van der Waals surface area contributed by atoms with E-state index in [1.165, 1.54) is 0 Å². The maximum Gasteiger partial charge on any atom is 0.259 e. The lowest BCUT2D eigenvalue weighted by Crippen LogP contribution is -2.19. The van der Waals surface area contributed by atoms with E-state index in [0.717, 1.165) is 30.7 Å². The van der Waals surface area contributed by atoms with Crippen molar-refractivity contribution in [2.45, 2.75) is 25.9 Å². The summed E-state index contributed by atoms with van der Waals surface area (Å²) in [5, 5.41) is 2.92. The van der Waals surface area contributed by atoms with Crippen LogP contribution in [-0.2, 0) is 4.74 Å². The van der Waals surface area contributed by atoms with E-state index >= 15 is 0 Å². The molecule has 4 heteroatoms. The van der Waals surface area contributed by atoms with Gasteiger partial charge in [0.15, 0.2) is 0 Å². The highest BCUT2D eigenvalue weighted by atomic mass is 16.5. The molecular weight excluding hydrogens is 290 g/mol. The normalized spacial score (nSPS) is 17.0. The SMILES string of the molecule is Cc1cccc(NC(=O)c2ccccc2OCC2CCCO2)c1. The monoisotopic (exact) mass is 311 g/mol. The zero-order chi connectivity index (χ0) is 16.1. The fraction of sp³-hybridized carbons (Fsp3) is 0.316. The smallest absolute Gasteiger partial charge is 0.259 e. The zero-order valence-corrected chi connectivity index (χ0v) is 13.2. The molecule has 2 aromatic rings. The summed E-state index contributed by atoms with van der Waals surface area (Å²) in [6.07, 6.45) is 2.21. The number of benzene rings is 2. The molecule has 1 aliphatic heterocycles. The van der Waals surface area contributed by atoms with Gasteiger partial charge < -0.3 is 14.8 Å². The highest BCUT2D eigenvalue weighted by Crippen LogP contribution is 2.22. The molecule has 120 valence electrons. The highest BCUT2D eigenvalue weighted by Gasteiger charge is 2.18. The average molecular weight is 311 g/mol. The van der Waals surface area contributed by atoms with Crippen molar-refractivity contribution >= 4 is 11.6 Å². The van der Waals surface area contributed by atoms with E-state index < -0.39 is 0 Å². The molecule has 0 aliphatic carbocycles. The number of carbonyl (C=O) groups is 1. The molecule has 3 rings (SSSR count). The van der Waals surface area contributed by atoms with Crippen LogP contribution in [0.15, 0.2) is 48.5 Å². The Balaban J connectivity index is 1.69. The first-order valence-electron chi connectivity index (χ1n) is 7.94. The Kier molecular flexibility index (Phi) is 4.93. The van der Waals surface area contributed by atoms with Gasteiger partial charge in [0.2, 0.25) is 0 Å². The molecular formula is C19H21NO3. The number of nitrogens with one attached hydrogen (secondary N) is 1. The quantitative estimate of drug-likeness (QED) is 0.913. The lowest BCUT2D eigenvalue weighted by atomic mass is 10.1. The number of ether oxygens (including phenoxy) is 2. The fourth-order valence-corrected chi connectivity index (χ4v) is 2.66. The summed E-state index contributed by atoms with van der Waals surface area (Å²) >= 11 is 0. The van der Waals surface area contributed by atoms with Gasteiger partial charge in [0.25, 0.3) is 5.91 Å².